The number of nitriles is 1. The number of unbranched alkanes of at least 4 members (excludes halogenated alkanes) is 1. The topological polar surface area (TPSA) is 102 Å². The van der Waals surface area contributed by atoms with Gasteiger partial charge in [-0.2, -0.15) is 5.26 Å². The molecule has 0 bridgehead atoms. The Bertz CT molecular complexity index is 1030. The van der Waals surface area contributed by atoms with E-state index in [-0.39, 0.29) is 29.3 Å². The fourth-order valence-corrected chi connectivity index (χ4v) is 3.59. The lowest BCUT2D eigenvalue weighted by Crippen LogP contribution is -2.30. The average Bonchev–Trinajstić information content (AvgIpc) is 3.25. The van der Waals surface area contributed by atoms with E-state index >= 15 is 0 Å². The summed E-state index contributed by atoms with van der Waals surface area (Å²) in [6.45, 7) is 4.80. The van der Waals surface area contributed by atoms with Crippen molar-refractivity contribution in [2.75, 3.05) is 13.2 Å². The minimum atomic E-state index is -0.615. The number of carbonyl (C=O) groups is 1. The summed E-state index contributed by atoms with van der Waals surface area (Å²) in [5.74, 6) is -0.350. The smallest absolute Gasteiger partial charge is 0.271 e. The van der Waals surface area contributed by atoms with E-state index in [4.69, 9.17) is 9.47 Å². The van der Waals surface area contributed by atoms with E-state index in [0.717, 1.165) is 30.3 Å². The number of benzene rings is 1. The van der Waals surface area contributed by atoms with Crippen molar-refractivity contribution in [2.45, 2.75) is 52.2 Å². The Morgan fingerprint density at radius 2 is 2.23 bits per heavy atom. The zero-order valence-electron chi connectivity index (χ0n) is 17.3. The highest BCUT2D eigenvalue weighted by molar-refractivity contribution is 6.11. The number of ether oxygens (including phenoxy) is 2. The van der Waals surface area contributed by atoms with Gasteiger partial charge in [0.15, 0.2) is 5.78 Å². The van der Waals surface area contributed by atoms with Crippen molar-refractivity contribution in [3.05, 3.63) is 56.9 Å². The molecule has 0 saturated carbocycles. The van der Waals surface area contributed by atoms with E-state index in [2.05, 4.69) is 6.92 Å². The van der Waals surface area contributed by atoms with Gasteiger partial charge in [0.25, 0.3) is 5.56 Å². The van der Waals surface area contributed by atoms with Gasteiger partial charge in [0.1, 0.15) is 17.4 Å². The van der Waals surface area contributed by atoms with E-state index in [9.17, 15) is 20.0 Å². The third kappa shape index (κ3) is 4.39. The molecule has 1 unspecified atom stereocenters. The fraction of sp³-hybridized carbons (Fsp3) is 0.435. The average molecular weight is 410 g/mol. The molecule has 0 spiro atoms. The highest BCUT2D eigenvalue weighted by atomic mass is 16.5. The first-order valence-electron chi connectivity index (χ1n) is 10.2. The molecular weight excluding hydrogens is 384 g/mol. The van der Waals surface area contributed by atoms with Crippen molar-refractivity contribution >= 4 is 5.78 Å². The lowest BCUT2D eigenvalue weighted by Gasteiger charge is -2.18. The van der Waals surface area contributed by atoms with Crippen LogP contribution in [-0.2, 0) is 11.3 Å². The van der Waals surface area contributed by atoms with E-state index in [0.29, 0.717) is 24.5 Å². The first-order chi connectivity index (χ1) is 14.5. The molecule has 7 heteroatoms. The third-order valence-corrected chi connectivity index (χ3v) is 5.30. The second kappa shape index (κ2) is 9.59. The van der Waals surface area contributed by atoms with Gasteiger partial charge in [-0.3, -0.25) is 14.2 Å². The summed E-state index contributed by atoms with van der Waals surface area (Å²) in [7, 11) is 0. The highest BCUT2D eigenvalue weighted by Gasteiger charge is 2.27. The van der Waals surface area contributed by atoms with Gasteiger partial charge >= 0.3 is 0 Å². The SMILES string of the molecule is CCCCOc1cccc(C(=O)c2c(C)c(C#N)c(=O)n(CC3CCCO3)c2O)c1. The normalized spacial score (nSPS) is 15.7. The van der Waals surface area contributed by atoms with Crippen LogP contribution in [0.4, 0.5) is 0 Å². The Balaban J connectivity index is 2.02. The Morgan fingerprint density at radius 3 is 2.90 bits per heavy atom. The summed E-state index contributed by atoms with van der Waals surface area (Å²) in [6.07, 6.45) is 3.28. The van der Waals surface area contributed by atoms with Crippen LogP contribution >= 0.6 is 0 Å². The summed E-state index contributed by atoms with van der Waals surface area (Å²) >= 11 is 0. The largest absolute Gasteiger partial charge is 0.494 e. The Kier molecular flexibility index (Phi) is 6.91. The molecule has 1 saturated heterocycles. The van der Waals surface area contributed by atoms with Gasteiger partial charge in [-0.05, 0) is 43.9 Å². The van der Waals surface area contributed by atoms with Crippen LogP contribution in [0.5, 0.6) is 11.6 Å². The second-order valence-corrected chi connectivity index (χ2v) is 7.42. The number of aromatic hydroxyl groups is 1. The Labute approximate surface area is 175 Å². The number of hydrogen-bond donors (Lipinski definition) is 1. The number of carbonyl (C=O) groups excluding carboxylic acids is 1. The minimum Gasteiger partial charge on any atom is -0.494 e. The Hall–Kier alpha value is -3.11. The monoisotopic (exact) mass is 410 g/mol. The van der Waals surface area contributed by atoms with Gasteiger partial charge < -0.3 is 14.6 Å². The van der Waals surface area contributed by atoms with Gasteiger partial charge in [-0.1, -0.05) is 25.5 Å². The maximum atomic E-state index is 13.3. The van der Waals surface area contributed by atoms with E-state index < -0.39 is 17.2 Å². The van der Waals surface area contributed by atoms with Crippen molar-refractivity contribution in [2.24, 2.45) is 0 Å². The fourth-order valence-electron chi connectivity index (χ4n) is 3.59. The van der Waals surface area contributed by atoms with Crippen LogP contribution in [0.2, 0.25) is 0 Å². The molecule has 1 aromatic carbocycles. The van der Waals surface area contributed by atoms with Crippen LogP contribution < -0.4 is 10.3 Å². The molecule has 7 nitrogen and oxygen atoms in total. The molecule has 2 aromatic rings. The summed E-state index contributed by atoms with van der Waals surface area (Å²) in [5, 5.41) is 20.4. The van der Waals surface area contributed by atoms with Crippen molar-refractivity contribution < 1.29 is 19.4 Å². The first-order valence-corrected chi connectivity index (χ1v) is 10.2. The number of rotatable bonds is 8. The molecule has 0 aliphatic carbocycles. The maximum absolute atomic E-state index is 13.3. The zero-order valence-corrected chi connectivity index (χ0v) is 17.3. The zero-order chi connectivity index (χ0) is 21.7. The number of pyridine rings is 1. The molecule has 2 heterocycles. The molecule has 1 aliphatic rings. The van der Waals surface area contributed by atoms with Crippen molar-refractivity contribution in [3.8, 4) is 17.7 Å². The van der Waals surface area contributed by atoms with Gasteiger partial charge in [-0.15, -0.1) is 0 Å². The van der Waals surface area contributed by atoms with Crippen LogP contribution in [0.15, 0.2) is 29.1 Å². The number of ketones is 1. The van der Waals surface area contributed by atoms with E-state index in [1.54, 1.807) is 24.3 Å². The van der Waals surface area contributed by atoms with Crippen molar-refractivity contribution in [1.29, 1.82) is 5.26 Å². The molecule has 1 N–H and O–H groups in total. The van der Waals surface area contributed by atoms with Crippen molar-refractivity contribution in [1.82, 2.24) is 4.57 Å². The minimum absolute atomic E-state index is 0.0464. The highest BCUT2D eigenvalue weighted by Crippen LogP contribution is 2.27. The van der Waals surface area contributed by atoms with Crippen LogP contribution in [0.1, 0.15) is 59.7 Å². The van der Waals surface area contributed by atoms with Gasteiger partial charge in [0.05, 0.1) is 24.8 Å². The lowest BCUT2D eigenvalue weighted by molar-refractivity contribution is 0.0929. The number of nitrogens with zero attached hydrogens (tertiary/aromatic N) is 2. The number of hydrogen-bond acceptors (Lipinski definition) is 6. The molecule has 30 heavy (non-hydrogen) atoms. The summed E-state index contributed by atoms with van der Waals surface area (Å²) in [6, 6.07) is 8.58. The predicted molar refractivity (Wildman–Crippen MR) is 111 cm³/mol. The third-order valence-electron chi connectivity index (χ3n) is 5.30. The molecule has 0 amide bonds. The second-order valence-electron chi connectivity index (χ2n) is 7.42. The molecular formula is C23H26N2O5. The molecule has 1 aromatic heterocycles. The summed E-state index contributed by atoms with van der Waals surface area (Å²) < 4.78 is 12.3. The van der Waals surface area contributed by atoms with Crippen molar-refractivity contribution in [3.63, 3.8) is 0 Å². The molecule has 1 fully saturated rings. The summed E-state index contributed by atoms with van der Waals surface area (Å²) in [4.78, 5) is 26.0. The van der Waals surface area contributed by atoms with Gasteiger partial charge in [-0.25, -0.2) is 0 Å². The van der Waals surface area contributed by atoms with Crippen LogP contribution in [-0.4, -0.2) is 34.8 Å². The lowest BCUT2D eigenvalue weighted by atomic mass is 9.97. The van der Waals surface area contributed by atoms with Crippen LogP contribution in [0.3, 0.4) is 0 Å². The van der Waals surface area contributed by atoms with Gasteiger partial charge in [0, 0.05) is 12.2 Å². The number of aromatic nitrogens is 1. The van der Waals surface area contributed by atoms with Crippen LogP contribution in [0.25, 0.3) is 0 Å². The van der Waals surface area contributed by atoms with E-state index in [1.807, 2.05) is 6.07 Å². The first kappa shape index (κ1) is 21.6. The predicted octanol–water partition coefficient (Wildman–Crippen LogP) is 3.32. The van der Waals surface area contributed by atoms with Crippen LogP contribution in [0, 0.1) is 18.3 Å². The standard InChI is InChI=1S/C23H26N2O5/c1-3-4-10-29-17-8-5-7-16(12-17)21(26)20-15(2)19(13-24)22(27)25(23(20)28)14-18-9-6-11-30-18/h5,7-8,12,18,28H,3-4,6,9-11,14H2,1-2H3. The molecule has 3 rings (SSSR count). The van der Waals surface area contributed by atoms with Gasteiger partial charge in [0.2, 0.25) is 5.88 Å². The molecule has 158 valence electrons. The quantitative estimate of drug-likeness (QED) is 0.529. The molecule has 1 atom stereocenters. The Morgan fingerprint density at radius 1 is 1.43 bits per heavy atom. The van der Waals surface area contributed by atoms with E-state index in [1.165, 1.54) is 6.92 Å². The molecule has 0 radical (unpaired) electrons. The maximum Gasteiger partial charge on any atom is 0.271 e. The molecule has 1 aliphatic heterocycles. The summed E-state index contributed by atoms with van der Waals surface area (Å²) in [5.41, 5.74) is -0.324.